The molecule has 0 spiro atoms. The van der Waals surface area contributed by atoms with E-state index in [1.54, 1.807) is 10.9 Å². The number of nitriles is 1. The van der Waals surface area contributed by atoms with Crippen molar-refractivity contribution >= 4 is 16.4 Å². The Morgan fingerprint density at radius 1 is 1.03 bits per heavy atom. The first-order chi connectivity index (χ1) is 14.7. The third-order valence-electron chi connectivity index (χ3n) is 5.97. The highest BCUT2D eigenvalue weighted by Crippen LogP contribution is 2.42. The Labute approximate surface area is 172 Å². The minimum absolute atomic E-state index is 0.145. The maximum atomic E-state index is 9.19. The zero-order valence-corrected chi connectivity index (χ0v) is 16.3. The molecular formula is C22H18N8. The highest BCUT2D eigenvalue weighted by Gasteiger charge is 2.32. The molecule has 0 N–H and O–H groups in total. The SMILES string of the molecule is Cn1cc(-c2cn3nccc3c(-c3cn(C4CC(C#N)C4)c4ccncc34)n2)cn1. The second kappa shape index (κ2) is 6.26. The Morgan fingerprint density at radius 3 is 2.70 bits per heavy atom. The fourth-order valence-electron chi connectivity index (χ4n) is 4.33. The van der Waals surface area contributed by atoms with Crippen molar-refractivity contribution in [3.63, 3.8) is 0 Å². The summed E-state index contributed by atoms with van der Waals surface area (Å²) in [5.41, 5.74) is 5.69. The van der Waals surface area contributed by atoms with Crippen LogP contribution in [-0.4, -0.2) is 33.9 Å². The zero-order valence-electron chi connectivity index (χ0n) is 16.3. The lowest BCUT2D eigenvalue weighted by atomic mass is 9.81. The van der Waals surface area contributed by atoms with E-state index in [2.05, 4.69) is 32.0 Å². The number of fused-ring (bicyclic) bond motifs is 2. The molecule has 146 valence electrons. The summed E-state index contributed by atoms with van der Waals surface area (Å²) in [6, 6.07) is 6.72. The van der Waals surface area contributed by atoms with Crippen molar-refractivity contribution in [3.8, 4) is 28.6 Å². The molecule has 0 aromatic carbocycles. The van der Waals surface area contributed by atoms with E-state index in [1.165, 1.54) is 0 Å². The van der Waals surface area contributed by atoms with E-state index in [1.807, 2.05) is 54.7 Å². The van der Waals surface area contributed by atoms with E-state index in [-0.39, 0.29) is 5.92 Å². The summed E-state index contributed by atoms with van der Waals surface area (Å²) in [5.74, 6) is 0.145. The second-order valence-electron chi connectivity index (χ2n) is 7.83. The van der Waals surface area contributed by atoms with Crippen LogP contribution in [0.3, 0.4) is 0 Å². The van der Waals surface area contributed by atoms with E-state index >= 15 is 0 Å². The average Bonchev–Trinajstić information content (AvgIpc) is 3.45. The molecule has 6 rings (SSSR count). The quantitative estimate of drug-likeness (QED) is 0.466. The molecule has 1 saturated carbocycles. The van der Waals surface area contributed by atoms with E-state index in [0.29, 0.717) is 6.04 Å². The molecule has 0 radical (unpaired) electrons. The molecule has 8 nitrogen and oxygen atoms in total. The largest absolute Gasteiger partial charge is 0.344 e. The Hall–Kier alpha value is -3.99. The van der Waals surface area contributed by atoms with E-state index in [9.17, 15) is 5.26 Å². The smallest absolute Gasteiger partial charge is 0.0989 e. The van der Waals surface area contributed by atoms with Gasteiger partial charge >= 0.3 is 0 Å². The fraction of sp³-hybridized carbons (Fsp3) is 0.227. The van der Waals surface area contributed by atoms with Gasteiger partial charge in [-0.3, -0.25) is 9.67 Å². The van der Waals surface area contributed by atoms with Crippen molar-refractivity contribution in [3.05, 3.63) is 55.5 Å². The number of hydrogen-bond donors (Lipinski definition) is 0. The van der Waals surface area contributed by atoms with Gasteiger partial charge in [-0.1, -0.05) is 0 Å². The van der Waals surface area contributed by atoms with Crippen molar-refractivity contribution in [1.82, 2.24) is 33.9 Å². The molecule has 0 aliphatic heterocycles. The van der Waals surface area contributed by atoms with Crippen LogP contribution in [0, 0.1) is 17.2 Å². The van der Waals surface area contributed by atoms with Crippen molar-refractivity contribution < 1.29 is 0 Å². The number of pyridine rings is 1. The van der Waals surface area contributed by atoms with E-state index < -0.39 is 0 Å². The predicted molar refractivity (Wildman–Crippen MR) is 111 cm³/mol. The predicted octanol–water partition coefficient (Wildman–Crippen LogP) is 3.62. The van der Waals surface area contributed by atoms with Gasteiger partial charge in [0, 0.05) is 54.4 Å². The van der Waals surface area contributed by atoms with Crippen LogP contribution in [0.1, 0.15) is 18.9 Å². The average molecular weight is 394 g/mol. The number of aromatic nitrogens is 7. The molecule has 5 aromatic rings. The van der Waals surface area contributed by atoms with Gasteiger partial charge in [0.25, 0.3) is 0 Å². The third kappa shape index (κ3) is 2.45. The Morgan fingerprint density at radius 2 is 1.90 bits per heavy atom. The molecule has 0 saturated heterocycles. The summed E-state index contributed by atoms with van der Waals surface area (Å²) in [5, 5.41) is 19.0. The van der Waals surface area contributed by atoms with Crippen LogP contribution in [0.2, 0.25) is 0 Å². The standard InChI is InChI=1S/C22H18N8/c1-28-11-15(9-26-28)19-13-30-21(3-5-25-30)22(27-19)18-12-29(16-6-14(7-16)8-23)20-2-4-24-10-17(18)20/h2-5,9-14,16H,6-7H2,1H3. The van der Waals surface area contributed by atoms with Gasteiger partial charge in [0.15, 0.2) is 0 Å². The minimum atomic E-state index is 0.145. The molecule has 0 amide bonds. The summed E-state index contributed by atoms with van der Waals surface area (Å²) >= 11 is 0. The van der Waals surface area contributed by atoms with Gasteiger partial charge < -0.3 is 4.57 Å². The van der Waals surface area contributed by atoms with Crippen molar-refractivity contribution in [2.75, 3.05) is 0 Å². The maximum absolute atomic E-state index is 9.19. The molecule has 1 fully saturated rings. The number of nitrogens with zero attached hydrogens (tertiary/aromatic N) is 8. The van der Waals surface area contributed by atoms with Gasteiger partial charge in [0.1, 0.15) is 0 Å². The van der Waals surface area contributed by atoms with Crippen LogP contribution in [0.4, 0.5) is 0 Å². The topological polar surface area (TPSA) is 89.6 Å². The van der Waals surface area contributed by atoms with Gasteiger partial charge in [-0.05, 0) is 25.0 Å². The lowest BCUT2D eigenvalue weighted by molar-refractivity contribution is 0.254. The highest BCUT2D eigenvalue weighted by atomic mass is 15.2. The van der Waals surface area contributed by atoms with E-state index in [0.717, 1.165) is 51.8 Å². The van der Waals surface area contributed by atoms with Gasteiger partial charge in [0.2, 0.25) is 0 Å². The molecule has 1 aliphatic carbocycles. The van der Waals surface area contributed by atoms with Crippen molar-refractivity contribution in [2.45, 2.75) is 18.9 Å². The van der Waals surface area contributed by atoms with Crippen LogP contribution in [0.15, 0.2) is 55.5 Å². The monoisotopic (exact) mass is 394 g/mol. The number of rotatable bonds is 3. The van der Waals surface area contributed by atoms with Crippen LogP contribution in [-0.2, 0) is 7.05 Å². The lowest BCUT2D eigenvalue weighted by Gasteiger charge is -2.32. The zero-order chi connectivity index (χ0) is 20.2. The highest BCUT2D eigenvalue weighted by molar-refractivity contribution is 5.98. The summed E-state index contributed by atoms with van der Waals surface area (Å²) in [6.07, 6.45) is 15.1. The molecule has 0 unspecified atom stereocenters. The molecule has 8 heteroatoms. The molecular weight excluding hydrogens is 376 g/mol. The molecule has 1 aliphatic rings. The Bertz CT molecular complexity index is 1440. The Balaban J connectivity index is 1.57. The summed E-state index contributed by atoms with van der Waals surface area (Å²) in [6.45, 7) is 0. The van der Waals surface area contributed by atoms with E-state index in [4.69, 9.17) is 4.98 Å². The maximum Gasteiger partial charge on any atom is 0.0989 e. The first kappa shape index (κ1) is 16.9. The van der Waals surface area contributed by atoms with Crippen LogP contribution < -0.4 is 0 Å². The van der Waals surface area contributed by atoms with Crippen LogP contribution >= 0.6 is 0 Å². The lowest BCUT2D eigenvalue weighted by Crippen LogP contribution is -2.25. The van der Waals surface area contributed by atoms with Crippen LogP contribution in [0.5, 0.6) is 0 Å². The minimum Gasteiger partial charge on any atom is -0.344 e. The van der Waals surface area contributed by atoms with Crippen molar-refractivity contribution in [1.29, 1.82) is 5.26 Å². The molecule has 0 atom stereocenters. The second-order valence-corrected chi connectivity index (χ2v) is 7.83. The van der Waals surface area contributed by atoms with Gasteiger partial charge in [0.05, 0.1) is 53.0 Å². The molecule has 30 heavy (non-hydrogen) atoms. The van der Waals surface area contributed by atoms with Crippen molar-refractivity contribution in [2.24, 2.45) is 13.0 Å². The first-order valence-corrected chi connectivity index (χ1v) is 9.89. The summed E-state index contributed by atoms with van der Waals surface area (Å²) in [4.78, 5) is 9.39. The normalized spacial score (nSPS) is 18.5. The number of hydrogen-bond acceptors (Lipinski definition) is 5. The number of aryl methyl sites for hydroxylation is 1. The van der Waals surface area contributed by atoms with Crippen LogP contribution in [0.25, 0.3) is 38.9 Å². The summed E-state index contributed by atoms with van der Waals surface area (Å²) in [7, 11) is 1.89. The summed E-state index contributed by atoms with van der Waals surface area (Å²) < 4.78 is 5.91. The van der Waals surface area contributed by atoms with Gasteiger partial charge in [-0.15, -0.1) is 0 Å². The first-order valence-electron chi connectivity index (χ1n) is 9.89. The molecule has 0 bridgehead atoms. The van der Waals surface area contributed by atoms with Gasteiger partial charge in [-0.25, -0.2) is 9.50 Å². The third-order valence-corrected chi connectivity index (χ3v) is 5.97. The van der Waals surface area contributed by atoms with Gasteiger partial charge in [-0.2, -0.15) is 15.5 Å². The molecule has 5 aromatic heterocycles. The Kier molecular flexibility index (Phi) is 3.53. The fourth-order valence-corrected chi connectivity index (χ4v) is 4.33. The molecule has 5 heterocycles.